The standard InChI is InChI=1S/C16H21NO/c1-9-7-8-10(2)13-11(9)12-14(17-13)16(5,6)18-15(12,3)4/h7-8,17H,1-6H3. The van der Waals surface area contributed by atoms with Crippen LogP contribution in [0.2, 0.25) is 0 Å². The Morgan fingerprint density at radius 3 is 2.22 bits per heavy atom. The van der Waals surface area contributed by atoms with E-state index in [0.29, 0.717) is 0 Å². The number of aromatic nitrogens is 1. The lowest BCUT2D eigenvalue weighted by molar-refractivity contribution is -0.106. The summed E-state index contributed by atoms with van der Waals surface area (Å²) in [5, 5.41) is 1.35. The lowest BCUT2D eigenvalue weighted by Crippen LogP contribution is -2.23. The molecule has 0 saturated carbocycles. The number of rotatable bonds is 0. The second-order valence-electron chi connectivity index (χ2n) is 6.45. The van der Waals surface area contributed by atoms with Gasteiger partial charge < -0.3 is 9.72 Å². The Kier molecular flexibility index (Phi) is 2.08. The molecule has 0 atom stereocenters. The fourth-order valence-corrected chi connectivity index (χ4v) is 3.40. The van der Waals surface area contributed by atoms with Crippen LogP contribution in [-0.2, 0) is 15.9 Å². The SMILES string of the molecule is Cc1ccc(C)c2c3c([nH]c12)C(C)(C)OC3(C)C. The van der Waals surface area contributed by atoms with E-state index in [0.717, 1.165) is 0 Å². The number of aromatic amines is 1. The van der Waals surface area contributed by atoms with Crippen molar-refractivity contribution in [3.63, 3.8) is 0 Å². The number of nitrogens with one attached hydrogen (secondary N) is 1. The first kappa shape index (κ1) is 11.8. The third-order valence-corrected chi connectivity index (χ3v) is 4.09. The van der Waals surface area contributed by atoms with Gasteiger partial charge in [-0.2, -0.15) is 0 Å². The first-order valence-electron chi connectivity index (χ1n) is 6.57. The summed E-state index contributed by atoms with van der Waals surface area (Å²) in [5.74, 6) is 0. The van der Waals surface area contributed by atoms with Gasteiger partial charge in [-0.15, -0.1) is 0 Å². The summed E-state index contributed by atoms with van der Waals surface area (Å²) in [6, 6.07) is 4.39. The Morgan fingerprint density at radius 2 is 1.56 bits per heavy atom. The predicted molar refractivity (Wildman–Crippen MR) is 74.9 cm³/mol. The average Bonchev–Trinajstić information content (AvgIpc) is 2.70. The van der Waals surface area contributed by atoms with Gasteiger partial charge in [0.15, 0.2) is 0 Å². The van der Waals surface area contributed by atoms with E-state index in [9.17, 15) is 0 Å². The van der Waals surface area contributed by atoms with E-state index < -0.39 is 0 Å². The molecular formula is C16H21NO. The van der Waals surface area contributed by atoms with Gasteiger partial charge in [0.2, 0.25) is 0 Å². The zero-order chi connectivity index (χ0) is 13.3. The smallest absolute Gasteiger partial charge is 0.104 e. The van der Waals surface area contributed by atoms with Gasteiger partial charge in [-0.3, -0.25) is 0 Å². The molecule has 18 heavy (non-hydrogen) atoms. The van der Waals surface area contributed by atoms with E-state index in [1.54, 1.807) is 0 Å². The number of hydrogen-bond donors (Lipinski definition) is 1. The Balaban J connectivity index is 2.50. The van der Waals surface area contributed by atoms with E-state index >= 15 is 0 Å². The molecule has 1 aliphatic heterocycles. The Hall–Kier alpha value is -1.28. The van der Waals surface area contributed by atoms with Crippen LogP contribution in [0.1, 0.15) is 50.1 Å². The largest absolute Gasteiger partial charge is 0.359 e. The summed E-state index contributed by atoms with van der Waals surface area (Å²) in [4.78, 5) is 3.61. The van der Waals surface area contributed by atoms with E-state index in [4.69, 9.17) is 4.74 Å². The van der Waals surface area contributed by atoms with Crippen molar-refractivity contribution in [2.45, 2.75) is 52.7 Å². The van der Waals surface area contributed by atoms with Crippen molar-refractivity contribution in [3.8, 4) is 0 Å². The molecule has 2 nitrogen and oxygen atoms in total. The highest BCUT2D eigenvalue weighted by Gasteiger charge is 2.46. The molecule has 96 valence electrons. The van der Waals surface area contributed by atoms with Crippen LogP contribution in [-0.4, -0.2) is 4.98 Å². The van der Waals surface area contributed by atoms with Crippen LogP contribution in [0, 0.1) is 13.8 Å². The van der Waals surface area contributed by atoms with Gasteiger partial charge in [0.1, 0.15) is 5.60 Å². The zero-order valence-electron chi connectivity index (χ0n) is 12.1. The van der Waals surface area contributed by atoms with E-state index in [1.807, 2.05) is 0 Å². The minimum absolute atomic E-state index is 0.227. The van der Waals surface area contributed by atoms with Crippen molar-refractivity contribution in [1.82, 2.24) is 4.98 Å². The molecule has 2 aromatic rings. The monoisotopic (exact) mass is 243 g/mol. The molecule has 2 heterocycles. The Morgan fingerprint density at radius 1 is 0.944 bits per heavy atom. The van der Waals surface area contributed by atoms with Crippen molar-refractivity contribution < 1.29 is 4.74 Å². The molecule has 0 aliphatic carbocycles. The third kappa shape index (κ3) is 1.33. The molecule has 1 N–H and O–H groups in total. The van der Waals surface area contributed by atoms with Crippen LogP contribution < -0.4 is 0 Å². The maximum Gasteiger partial charge on any atom is 0.104 e. The average molecular weight is 243 g/mol. The van der Waals surface area contributed by atoms with Crippen molar-refractivity contribution >= 4 is 10.9 Å². The second-order valence-corrected chi connectivity index (χ2v) is 6.45. The summed E-state index contributed by atoms with van der Waals surface area (Å²) in [7, 11) is 0. The molecule has 1 aromatic carbocycles. The van der Waals surface area contributed by atoms with Crippen LogP contribution in [0.4, 0.5) is 0 Å². The Bertz CT molecular complexity index is 647. The van der Waals surface area contributed by atoms with Gasteiger partial charge in [0.05, 0.1) is 11.3 Å². The summed E-state index contributed by atoms with van der Waals surface area (Å²) in [6.07, 6.45) is 0. The molecular weight excluding hydrogens is 222 g/mol. The van der Waals surface area contributed by atoms with Gasteiger partial charge >= 0.3 is 0 Å². The van der Waals surface area contributed by atoms with E-state index in [2.05, 4.69) is 58.7 Å². The summed E-state index contributed by atoms with van der Waals surface area (Å²) in [6.45, 7) is 12.9. The molecule has 0 spiro atoms. The van der Waals surface area contributed by atoms with Crippen LogP contribution in [0.25, 0.3) is 10.9 Å². The topological polar surface area (TPSA) is 25.0 Å². The molecule has 3 rings (SSSR count). The maximum atomic E-state index is 6.22. The van der Waals surface area contributed by atoms with Crippen molar-refractivity contribution in [2.24, 2.45) is 0 Å². The van der Waals surface area contributed by atoms with Gasteiger partial charge in [0.25, 0.3) is 0 Å². The normalized spacial score (nSPS) is 20.3. The fourth-order valence-electron chi connectivity index (χ4n) is 3.40. The number of aryl methyl sites for hydroxylation is 2. The van der Waals surface area contributed by atoms with Crippen molar-refractivity contribution in [3.05, 3.63) is 34.5 Å². The van der Waals surface area contributed by atoms with Gasteiger partial charge in [-0.1, -0.05) is 12.1 Å². The quantitative estimate of drug-likeness (QED) is 0.733. The summed E-state index contributed by atoms with van der Waals surface area (Å²) in [5.41, 5.74) is 6.00. The number of H-pyrrole nitrogens is 1. The number of ether oxygens (including phenoxy) is 1. The van der Waals surface area contributed by atoms with Crippen molar-refractivity contribution in [2.75, 3.05) is 0 Å². The van der Waals surface area contributed by atoms with Gasteiger partial charge in [-0.25, -0.2) is 0 Å². The first-order chi connectivity index (χ1) is 8.24. The van der Waals surface area contributed by atoms with Gasteiger partial charge in [-0.05, 0) is 52.7 Å². The lowest BCUT2D eigenvalue weighted by atomic mass is 9.92. The maximum absolute atomic E-state index is 6.22. The van der Waals surface area contributed by atoms with Crippen LogP contribution in [0.3, 0.4) is 0 Å². The minimum atomic E-state index is -0.239. The van der Waals surface area contributed by atoms with Crippen molar-refractivity contribution in [1.29, 1.82) is 0 Å². The molecule has 0 unspecified atom stereocenters. The molecule has 0 fully saturated rings. The molecule has 1 aromatic heterocycles. The predicted octanol–water partition coefficient (Wildman–Crippen LogP) is 4.29. The molecule has 2 heteroatoms. The van der Waals surface area contributed by atoms with E-state index in [-0.39, 0.29) is 11.2 Å². The molecule has 0 saturated heterocycles. The van der Waals surface area contributed by atoms with E-state index in [1.165, 1.54) is 33.3 Å². The van der Waals surface area contributed by atoms with Crippen LogP contribution >= 0.6 is 0 Å². The van der Waals surface area contributed by atoms with Crippen LogP contribution in [0.15, 0.2) is 12.1 Å². The molecule has 0 bridgehead atoms. The highest BCUT2D eigenvalue weighted by atomic mass is 16.5. The number of fused-ring (bicyclic) bond motifs is 3. The summed E-state index contributed by atoms with van der Waals surface area (Å²) >= 11 is 0. The van der Waals surface area contributed by atoms with Crippen LogP contribution in [0.5, 0.6) is 0 Å². The molecule has 1 aliphatic rings. The minimum Gasteiger partial charge on any atom is -0.359 e. The summed E-state index contributed by atoms with van der Waals surface area (Å²) < 4.78 is 6.22. The van der Waals surface area contributed by atoms with Gasteiger partial charge in [0, 0.05) is 16.5 Å². The molecule has 0 amide bonds. The number of hydrogen-bond acceptors (Lipinski definition) is 1. The zero-order valence-corrected chi connectivity index (χ0v) is 12.1. The second kappa shape index (κ2) is 3.18. The number of benzene rings is 1. The third-order valence-electron chi connectivity index (χ3n) is 4.09. The molecule has 0 radical (unpaired) electrons. The lowest BCUT2D eigenvalue weighted by Gasteiger charge is -2.26. The highest BCUT2D eigenvalue weighted by Crippen LogP contribution is 2.50. The fraction of sp³-hybridized carbons (Fsp3) is 0.500. The highest BCUT2D eigenvalue weighted by molar-refractivity contribution is 5.91. The Labute approximate surface area is 108 Å². The first-order valence-corrected chi connectivity index (χ1v) is 6.57.